The van der Waals surface area contributed by atoms with Crippen molar-refractivity contribution in [1.82, 2.24) is 25.2 Å². The fourth-order valence-electron chi connectivity index (χ4n) is 3.71. The summed E-state index contributed by atoms with van der Waals surface area (Å²) in [5, 5.41) is 8.30. The molecule has 1 fully saturated rings. The number of carbonyl (C=O) groups excluding carboxylic acids is 1. The van der Waals surface area contributed by atoms with E-state index in [0.29, 0.717) is 28.9 Å². The fourth-order valence-corrected chi connectivity index (χ4v) is 3.84. The van der Waals surface area contributed by atoms with Gasteiger partial charge in [-0.15, -0.1) is 0 Å². The van der Waals surface area contributed by atoms with E-state index in [1.807, 2.05) is 54.4 Å². The van der Waals surface area contributed by atoms with E-state index in [4.69, 9.17) is 21.2 Å². The van der Waals surface area contributed by atoms with E-state index >= 15 is 0 Å². The SMILES string of the molecule is Cc1nonc1CC(=O)N1CCCC1c1nc(N(C)C)ncc1-c1ccc(Cl)cc1. The molecule has 8 nitrogen and oxygen atoms in total. The third kappa shape index (κ3) is 4.00. The van der Waals surface area contributed by atoms with Crippen LogP contribution in [0.4, 0.5) is 5.95 Å². The second kappa shape index (κ2) is 8.39. The molecule has 0 saturated carbocycles. The number of rotatable bonds is 5. The van der Waals surface area contributed by atoms with Crippen LogP contribution >= 0.6 is 11.6 Å². The number of aryl methyl sites for hydroxylation is 1. The van der Waals surface area contributed by atoms with Crippen LogP contribution in [-0.2, 0) is 11.2 Å². The van der Waals surface area contributed by atoms with Gasteiger partial charge in [-0.05, 0) is 37.5 Å². The quantitative estimate of drug-likeness (QED) is 0.617. The maximum atomic E-state index is 13.1. The smallest absolute Gasteiger partial charge is 0.229 e. The van der Waals surface area contributed by atoms with Crippen LogP contribution in [0, 0.1) is 6.92 Å². The van der Waals surface area contributed by atoms with Gasteiger partial charge in [0.15, 0.2) is 0 Å². The molecule has 30 heavy (non-hydrogen) atoms. The molecule has 0 N–H and O–H groups in total. The number of benzene rings is 1. The van der Waals surface area contributed by atoms with Gasteiger partial charge in [-0.2, -0.15) is 0 Å². The van der Waals surface area contributed by atoms with Crippen LogP contribution in [0.1, 0.15) is 36.0 Å². The topological polar surface area (TPSA) is 88.2 Å². The molecule has 0 aliphatic carbocycles. The molecular weight excluding hydrogens is 404 g/mol. The van der Waals surface area contributed by atoms with Crippen molar-refractivity contribution < 1.29 is 9.42 Å². The molecule has 0 radical (unpaired) electrons. The molecule has 9 heteroatoms. The molecule has 1 aliphatic heterocycles. The van der Waals surface area contributed by atoms with E-state index in [9.17, 15) is 4.79 Å². The highest BCUT2D eigenvalue weighted by molar-refractivity contribution is 6.30. The number of carbonyl (C=O) groups is 1. The van der Waals surface area contributed by atoms with Gasteiger partial charge in [0, 0.05) is 37.4 Å². The summed E-state index contributed by atoms with van der Waals surface area (Å²) in [6.45, 7) is 2.46. The zero-order valence-electron chi connectivity index (χ0n) is 17.2. The summed E-state index contributed by atoms with van der Waals surface area (Å²) in [5.41, 5.74) is 3.92. The maximum absolute atomic E-state index is 13.1. The first-order chi connectivity index (χ1) is 14.4. The molecule has 2 aromatic heterocycles. The molecule has 1 atom stereocenters. The highest BCUT2D eigenvalue weighted by Gasteiger charge is 2.34. The summed E-state index contributed by atoms with van der Waals surface area (Å²) in [4.78, 5) is 26.2. The Morgan fingerprint density at radius 3 is 2.70 bits per heavy atom. The van der Waals surface area contributed by atoms with E-state index in [1.54, 1.807) is 6.92 Å². The van der Waals surface area contributed by atoms with Gasteiger partial charge < -0.3 is 9.80 Å². The van der Waals surface area contributed by atoms with E-state index in [2.05, 4.69) is 15.3 Å². The van der Waals surface area contributed by atoms with Gasteiger partial charge in [0.2, 0.25) is 11.9 Å². The molecule has 1 saturated heterocycles. The predicted octanol–water partition coefficient (Wildman–Crippen LogP) is 3.46. The van der Waals surface area contributed by atoms with Crippen molar-refractivity contribution >= 4 is 23.5 Å². The Kier molecular flexibility index (Phi) is 5.67. The average Bonchev–Trinajstić information content (AvgIpc) is 3.37. The molecule has 0 bridgehead atoms. The van der Waals surface area contributed by atoms with E-state index in [1.165, 1.54) is 0 Å². The zero-order chi connectivity index (χ0) is 21.3. The molecule has 1 aliphatic rings. The van der Waals surface area contributed by atoms with Crippen molar-refractivity contribution in [3.63, 3.8) is 0 Å². The third-order valence-corrected chi connectivity index (χ3v) is 5.57. The van der Waals surface area contributed by atoms with Crippen LogP contribution in [0.15, 0.2) is 35.1 Å². The lowest BCUT2D eigenvalue weighted by molar-refractivity contribution is -0.131. The van der Waals surface area contributed by atoms with Crippen molar-refractivity contribution in [3.05, 3.63) is 52.6 Å². The first kappa shape index (κ1) is 20.3. The first-order valence-corrected chi connectivity index (χ1v) is 10.2. The molecule has 3 aromatic rings. The fraction of sp³-hybridized carbons (Fsp3) is 0.381. The van der Waals surface area contributed by atoms with Crippen LogP contribution in [0.25, 0.3) is 11.1 Å². The highest BCUT2D eigenvalue weighted by Crippen LogP contribution is 2.37. The molecule has 1 unspecified atom stereocenters. The zero-order valence-corrected chi connectivity index (χ0v) is 17.9. The molecule has 1 aromatic carbocycles. The average molecular weight is 427 g/mol. The number of likely N-dealkylation sites (tertiary alicyclic amines) is 1. The minimum atomic E-state index is -0.134. The summed E-state index contributed by atoms with van der Waals surface area (Å²) in [7, 11) is 3.80. The normalized spacial score (nSPS) is 16.1. The van der Waals surface area contributed by atoms with Gasteiger partial charge in [-0.25, -0.2) is 14.6 Å². The summed E-state index contributed by atoms with van der Waals surface area (Å²) in [5.74, 6) is 0.599. The van der Waals surface area contributed by atoms with Crippen LogP contribution in [0.3, 0.4) is 0 Å². The van der Waals surface area contributed by atoms with Crippen molar-refractivity contribution in [2.24, 2.45) is 0 Å². The van der Waals surface area contributed by atoms with Crippen LogP contribution in [-0.4, -0.2) is 51.7 Å². The number of hydrogen-bond acceptors (Lipinski definition) is 7. The summed E-state index contributed by atoms with van der Waals surface area (Å²) >= 11 is 6.07. The molecule has 1 amide bonds. The highest BCUT2D eigenvalue weighted by atomic mass is 35.5. The standard InChI is InChI=1S/C21H23ClN6O2/c1-13-17(26-30-25-13)11-19(29)28-10-4-5-18(28)20-16(12-23-21(24-20)27(2)3)14-6-8-15(22)9-7-14/h6-9,12,18H,4-5,10-11H2,1-3H3. The Morgan fingerprint density at radius 2 is 2.03 bits per heavy atom. The second-order valence-corrected chi connectivity index (χ2v) is 8.02. The summed E-state index contributed by atoms with van der Waals surface area (Å²) in [6.07, 6.45) is 3.74. The van der Waals surface area contributed by atoms with Crippen molar-refractivity contribution in [2.45, 2.75) is 32.2 Å². The van der Waals surface area contributed by atoms with Gasteiger partial charge in [-0.1, -0.05) is 34.0 Å². The van der Waals surface area contributed by atoms with E-state index in [0.717, 1.165) is 29.7 Å². The lowest BCUT2D eigenvalue weighted by Crippen LogP contribution is -2.33. The Balaban J connectivity index is 1.71. The summed E-state index contributed by atoms with van der Waals surface area (Å²) in [6, 6.07) is 7.46. The first-order valence-electron chi connectivity index (χ1n) is 9.81. The lowest BCUT2D eigenvalue weighted by atomic mass is 9.99. The van der Waals surface area contributed by atoms with Gasteiger partial charge in [-0.3, -0.25) is 4.79 Å². The van der Waals surface area contributed by atoms with Gasteiger partial charge in [0.1, 0.15) is 11.4 Å². The number of nitrogens with zero attached hydrogens (tertiary/aromatic N) is 6. The molecule has 4 rings (SSSR count). The van der Waals surface area contributed by atoms with Gasteiger partial charge in [0.25, 0.3) is 0 Å². The Bertz CT molecular complexity index is 1050. The van der Waals surface area contributed by atoms with E-state index in [-0.39, 0.29) is 18.4 Å². The molecule has 3 heterocycles. The number of aromatic nitrogens is 4. The lowest BCUT2D eigenvalue weighted by Gasteiger charge is -2.26. The van der Waals surface area contributed by atoms with Gasteiger partial charge >= 0.3 is 0 Å². The van der Waals surface area contributed by atoms with Crippen molar-refractivity contribution in [3.8, 4) is 11.1 Å². The third-order valence-electron chi connectivity index (χ3n) is 5.31. The Hall–Kier alpha value is -3.00. The van der Waals surface area contributed by atoms with Crippen LogP contribution in [0.5, 0.6) is 0 Å². The van der Waals surface area contributed by atoms with Crippen molar-refractivity contribution in [2.75, 3.05) is 25.5 Å². The second-order valence-electron chi connectivity index (χ2n) is 7.59. The van der Waals surface area contributed by atoms with Gasteiger partial charge in [0.05, 0.1) is 18.2 Å². The summed E-state index contributed by atoms with van der Waals surface area (Å²) < 4.78 is 4.74. The largest absolute Gasteiger partial charge is 0.347 e. The van der Waals surface area contributed by atoms with Crippen LogP contribution in [0.2, 0.25) is 5.02 Å². The minimum absolute atomic E-state index is 0.0108. The predicted molar refractivity (Wildman–Crippen MR) is 113 cm³/mol. The van der Waals surface area contributed by atoms with Crippen LogP contribution < -0.4 is 4.90 Å². The molecule has 0 spiro atoms. The number of anilines is 1. The van der Waals surface area contributed by atoms with Crippen molar-refractivity contribution in [1.29, 1.82) is 0 Å². The molecule has 156 valence electrons. The number of hydrogen-bond donors (Lipinski definition) is 0. The Labute approximate surface area is 179 Å². The minimum Gasteiger partial charge on any atom is -0.347 e. The monoisotopic (exact) mass is 426 g/mol. The number of amides is 1. The van der Waals surface area contributed by atoms with E-state index < -0.39 is 0 Å². The molecular formula is C21H23ClN6O2. The Morgan fingerprint density at radius 1 is 1.27 bits per heavy atom. The number of halogens is 1. The maximum Gasteiger partial charge on any atom is 0.229 e.